The summed E-state index contributed by atoms with van der Waals surface area (Å²) in [7, 11) is 0. The number of rotatable bonds is 3. The second-order valence-electron chi connectivity index (χ2n) is 7.69. The maximum Gasteiger partial charge on any atom is 0.322 e. The Morgan fingerprint density at radius 1 is 1.11 bits per heavy atom. The molecule has 28 heavy (non-hydrogen) atoms. The standard InChI is InChI=1S/C23H23ClO3S/c1-14-11-18(15-7-6-8-16(12-15)28-2)19(24)13-17(14)20-21(25)23(27-22(20)26)9-4-3-5-10-23/h6-8,11-13,20H,3-5,9-10H2,1-2H3. The minimum Gasteiger partial charge on any atom is -0.450 e. The average molecular weight is 415 g/mol. The molecule has 1 heterocycles. The summed E-state index contributed by atoms with van der Waals surface area (Å²) in [4.78, 5) is 27.0. The average Bonchev–Trinajstić information content (AvgIpc) is 2.93. The molecular weight excluding hydrogens is 392 g/mol. The van der Waals surface area contributed by atoms with Gasteiger partial charge in [0.15, 0.2) is 11.4 Å². The van der Waals surface area contributed by atoms with Crippen molar-refractivity contribution in [1.29, 1.82) is 0 Å². The summed E-state index contributed by atoms with van der Waals surface area (Å²) in [5.41, 5.74) is 2.58. The fourth-order valence-corrected chi connectivity index (χ4v) is 5.17. The number of esters is 1. The van der Waals surface area contributed by atoms with Gasteiger partial charge in [-0.1, -0.05) is 30.2 Å². The van der Waals surface area contributed by atoms with Gasteiger partial charge in [0.2, 0.25) is 0 Å². The third-order valence-electron chi connectivity index (χ3n) is 5.95. The number of carbonyl (C=O) groups excluding carboxylic acids is 2. The molecule has 1 saturated heterocycles. The fourth-order valence-electron chi connectivity index (χ4n) is 4.43. The van der Waals surface area contributed by atoms with Gasteiger partial charge in [-0.25, -0.2) is 0 Å². The topological polar surface area (TPSA) is 43.4 Å². The molecule has 0 bridgehead atoms. The molecule has 0 N–H and O–H groups in total. The van der Waals surface area contributed by atoms with Gasteiger partial charge in [-0.15, -0.1) is 11.8 Å². The van der Waals surface area contributed by atoms with E-state index in [2.05, 4.69) is 12.1 Å². The molecule has 0 aromatic heterocycles. The van der Waals surface area contributed by atoms with Crippen LogP contribution in [0.2, 0.25) is 5.02 Å². The van der Waals surface area contributed by atoms with Crippen LogP contribution in [0.1, 0.15) is 49.1 Å². The van der Waals surface area contributed by atoms with Crippen LogP contribution >= 0.6 is 23.4 Å². The van der Waals surface area contributed by atoms with Crippen LogP contribution in [-0.4, -0.2) is 23.6 Å². The Morgan fingerprint density at radius 2 is 1.86 bits per heavy atom. The maximum absolute atomic E-state index is 13.2. The number of hydrogen-bond acceptors (Lipinski definition) is 4. The summed E-state index contributed by atoms with van der Waals surface area (Å²) < 4.78 is 5.67. The van der Waals surface area contributed by atoms with Crippen LogP contribution in [0.3, 0.4) is 0 Å². The molecule has 146 valence electrons. The molecule has 1 aliphatic heterocycles. The van der Waals surface area contributed by atoms with Gasteiger partial charge in [0, 0.05) is 15.5 Å². The third kappa shape index (κ3) is 3.27. The van der Waals surface area contributed by atoms with E-state index in [4.69, 9.17) is 16.3 Å². The van der Waals surface area contributed by atoms with Crippen LogP contribution in [0.4, 0.5) is 0 Å². The highest BCUT2D eigenvalue weighted by atomic mass is 35.5. The summed E-state index contributed by atoms with van der Waals surface area (Å²) in [5.74, 6) is -1.38. The van der Waals surface area contributed by atoms with Gasteiger partial charge < -0.3 is 4.74 Å². The second kappa shape index (κ2) is 7.57. The third-order valence-corrected chi connectivity index (χ3v) is 6.99. The summed E-state index contributed by atoms with van der Waals surface area (Å²) in [6.07, 6.45) is 6.26. The number of aryl methyl sites for hydroxylation is 1. The quantitative estimate of drug-likeness (QED) is 0.353. The van der Waals surface area contributed by atoms with Gasteiger partial charge in [-0.3, -0.25) is 9.59 Å². The van der Waals surface area contributed by atoms with E-state index in [1.807, 2.05) is 31.4 Å². The Morgan fingerprint density at radius 3 is 2.57 bits per heavy atom. The lowest BCUT2D eigenvalue weighted by Gasteiger charge is -2.29. The van der Waals surface area contributed by atoms with Crippen LogP contribution in [0.25, 0.3) is 11.1 Å². The van der Waals surface area contributed by atoms with E-state index in [1.165, 1.54) is 0 Å². The van der Waals surface area contributed by atoms with Gasteiger partial charge in [0.1, 0.15) is 5.92 Å². The molecular formula is C23H23ClO3S. The zero-order valence-corrected chi connectivity index (χ0v) is 17.7. The molecule has 1 saturated carbocycles. The Hall–Kier alpha value is -1.78. The van der Waals surface area contributed by atoms with Crippen molar-refractivity contribution in [2.75, 3.05) is 6.26 Å². The number of ketones is 1. The summed E-state index contributed by atoms with van der Waals surface area (Å²) in [6.45, 7) is 1.93. The molecule has 1 atom stereocenters. The van der Waals surface area contributed by atoms with Crippen LogP contribution in [0.15, 0.2) is 41.3 Å². The number of thioether (sulfide) groups is 1. The molecule has 0 radical (unpaired) electrons. The Labute approximate surface area is 174 Å². The number of ether oxygens (including phenoxy) is 1. The Bertz CT molecular complexity index is 947. The van der Waals surface area contributed by atoms with E-state index in [1.54, 1.807) is 17.8 Å². The van der Waals surface area contributed by atoms with Crippen molar-refractivity contribution >= 4 is 35.1 Å². The van der Waals surface area contributed by atoms with Crippen LogP contribution in [-0.2, 0) is 14.3 Å². The normalized spacial score (nSPS) is 21.2. The van der Waals surface area contributed by atoms with Gasteiger partial charge in [0.05, 0.1) is 0 Å². The van der Waals surface area contributed by atoms with E-state index < -0.39 is 17.5 Å². The van der Waals surface area contributed by atoms with E-state index in [9.17, 15) is 9.59 Å². The Balaban J connectivity index is 1.72. The molecule has 5 heteroatoms. The van der Waals surface area contributed by atoms with Gasteiger partial charge in [0.25, 0.3) is 0 Å². The van der Waals surface area contributed by atoms with E-state index in [-0.39, 0.29) is 5.78 Å². The summed E-state index contributed by atoms with van der Waals surface area (Å²) in [6, 6.07) is 11.9. The molecule has 1 unspecified atom stereocenters. The summed E-state index contributed by atoms with van der Waals surface area (Å²) >= 11 is 8.29. The SMILES string of the molecule is CSc1cccc(-c2cc(C)c(C3C(=O)OC4(CCCCC4)C3=O)cc2Cl)c1. The van der Waals surface area contributed by atoms with Crippen molar-refractivity contribution in [2.24, 2.45) is 0 Å². The zero-order valence-electron chi connectivity index (χ0n) is 16.1. The predicted octanol–water partition coefficient (Wildman–Crippen LogP) is 5.95. The fraction of sp³-hybridized carbons (Fsp3) is 0.391. The van der Waals surface area contributed by atoms with E-state index >= 15 is 0 Å². The van der Waals surface area contributed by atoms with E-state index in [0.717, 1.165) is 40.8 Å². The summed E-state index contributed by atoms with van der Waals surface area (Å²) in [5, 5.41) is 0.545. The van der Waals surface area contributed by atoms with Gasteiger partial charge in [-0.05, 0) is 79.8 Å². The first-order valence-electron chi connectivity index (χ1n) is 9.67. The maximum atomic E-state index is 13.2. The minimum atomic E-state index is -0.912. The monoisotopic (exact) mass is 414 g/mol. The first kappa shape index (κ1) is 19.5. The highest BCUT2D eigenvalue weighted by molar-refractivity contribution is 7.98. The van der Waals surface area contributed by atoms with Crippen LogP contribution < -0.4 is 0 Å². The minimum absolute atomic E-state index is 0.0894. The molecule has 4 rings (SSSR count). The Kier molecular flexibility index (Phi) is 5.28. The number of Topliss-reactive ketones (excluding diaryl/α,β-unsaturated/α-hetero) is 1. The van der Waals surface area contributed by atoms with Crippen LogP contribution in [0, 0.1) is 6.92 Å². The molecule has 2 fully saturated rings. The van der Waals surface area contributed by atoms with E-state index in [0.29, 0.717) is 23.4 Å². The predicted molar refractivity (Wildman–Crippen MR) is 113 cm³/mol. The lowest BCUT2D eigenvalue weighted by molar-refractivity contribution is -0.154. The number of hydrogen-bond donors (Lipinski definition) is 0. The smallest absolute Gasteiger partial charge is 0.322 e. The van der Waals surface area contributed by atoms with Gasteiger partial charge >= 0.3 is 5.97 Å². The second-order valence-corrected chi connectivity index (χ2v) is 8.98. The molecule has 1 spiro atoms. The van der Waals surface area contributed by atoms with Crippen molar-refractivity contribution in [3.8, 4) is 11.1 Å². The highest BCUT2D eigenvalue weighted by Crippen LogP contribution is 2.45. The lowest BCUT2D eigenvalue weighted by atomic mass is 9.77. The number of benzene rings is 2. The van der Waals surface area contributed by atoms with Crippen molar-refractivity contribution in [2.45, 2.75) is 55.4 Å². The molecule has 3 nitrogen and oxygen atoms in total. The molecule has 0 amide bonds. The molecule has 2 aromatic rings. The molecule has 2 aromatic carbocycles. The molecule has 1 aliphatic carbocycles. The van der Waals surface area contributed by atoms with Crippen molar-refractivity contribution in [3.63, 3.8) is 0 Å². The number of halogens is 1. The molecule has 2 aliphatic rings. The van der Waals surface area contributed by atoms with Gasteiger partial charge in [-0.2, -0.15) is 0 Å². The first-order valence-corrected chi connectivity index (χ1v) is 11.3. The highest BCUT2D eigenvalue weighted by Gasteiger charge is 2.55. The number of carbonyl (C=O) groups is 2. The first-order chi connectivity index (χ1) is 13.4. The van der Waals surface area contributed by atoms with Crippen LogP contribution in [0.5, 0.6) is 0 Å². The largest absolute Gasteiger partial charge is 0.450 e. The zero-order chi connectivity index (χ0) is 19.9. The lowest BCUT2D eigenvalue weighted by Crippen LogP contribution is -2.39. The van der Waals surface area contributed by atoms with Crippen molar-refractivity contribution in [1.82, 2.24) is 0 Å². The van der Waals surface area contributed by atoms with Crippen molar-refractivity contribution < 1.29 is 14.3 Å². The van der Waals surface area contributed by atoms with Crippen molar-refractivity contribution in [3.05, 3.63) is 52.5 Å².